The van der Waals surface area contributed by atoms with Crippen molar-refractivity contribution in [1.82, 2.24) is 0 Å². The molecule has 0 unspecified atom stereocenters. The largest absolute Gasteiger partial charge is 0.457 e. The first-order chi connectivity index (χ1) is 13.5. The van der Waals surface area contributed by atoms with Gasteiger partial charge in [-0.1, -0.05) is 36.4 Å². The Kier molecular flexibility index (Phi) is 4.61. The van der Waals surface area contributed by atoms with E-state index in [2.05, 4.69) is 0 Å². The topological polar surface area (TPSA) is 32.8 Å². The number of anilines is 2. The zero-order valence-electron chi connectivity index (χ0n) is 15.7. The van der Waals surface area contributed by atoms with E-state index in [1.54, 1.807) is 4.90 Å². The summed E-state index contributed by atoms with van der Waals surface area (Å²) in [5.74, 6) is 1.45. The summed E-state index contributed by atoms with van der Waals surface area (Å²) < 4.78 is 5.86. The molecule has 4 rings (SSSR count). The molecule has 0 spiro atoms. The van der Waals surface area contributed by atoms with Gasteiger partial charge in [0.15, 0.2) is 5.11 Å². The highest BCUT2D eigenvalue weighted by molar-refractivity contribution is 7.81. The molecule has 5 heteroatoms. The Bertz CT molecular complexity index is 1000. The van der Waals surface area contributed by atoms with Crippen molar-refractivity contribution >= 4 is 34.6 Å². The molecule has 0 N–H and O–H groups in total. The van der Waals surface area contributed by atoms with Gasteiger partial charge < -0.3 is 9.64 Å². The predicted octanol–water partition coefficient (Wildman–Crippen LogP) is 5.40. The van der Waals surface area contributed by atoms with Crippen LogP contribution in [0.3, 0.4) is 0 Å². The maximum atomic E-state index is 13.1. The maximum absolute atomic E-state index is 13.1. The van der Waals surface area contributed by atoms with Gasteiger partial charge in [-0.25, -0.2) is 0 Å². The standard InChI is InChI=1S/C23H20N2O2S/c1-23(2)21(26)24(17-9-5-3-6-10-17)22(28)25(23)18-13-15-20(16-14-18)27-19-11-7-4-8-12-19/h3-16H,1-2H3. The summed E-state index contributed by atoms with van der Waals surface area (Å²) in [6, 6.07) is 26.7. The Morgan fingerprint density at radius 2 is 1.29 bits per heavy atom. The second-order valence-electron chi connectivity index (χ2n) is 7.06. The van der Waals surface area contributed by atoms with Gasteiger partial charge in [0.05, 0.1) is 5.69 Å². The Balaban J connectivity index is 1.63. The van der Waals surface area contributed by atoms with E-state index in [1.165, 1.54) is 0 Å². The Morgan fingerprint density at radius 1 is 0.750 bits per heavy atom. The van der Waals surface area contributed by atoms with E-state index in [9.17, 15) is 4.79 Å². The van der Waals surface area contributed by atoms with Crippen LogP contribution in [-0.2, 0) is 4.79 Å². The molecule has 1 amide bonds. The molecule has 0 saturated carbocycles. The summed E-state index contributed by atoms with van der Waals surface area (Å²) >= 11 is 5.69. The molecule has 28 heavy (non-hydrogen) atoms. The average Bonchev–Trinajstić information content (AvgIpc) is 2.88. The molecule has 1 saturated heterocycles. The molecular weight excluding hydrogens is 368 g/mol. The Morgan fingerprint density at radius 3 is 1.89 bits per heavy atom. The van der Waals surface area contributed by atoms with Gasteiger partial charge >= 0.3 is 0 Å². The fourth-order valence-electron chi connectivity index (χ4n) is 3.32. The third-order valence-electron chi connectivity index (χ3n) is 4.76. The van der Waals surface area contributed by atoms with Gasteiger partial charge in [-0.2, -0.15) is 0 Å². The summed E-state index contributed by atoms with van der Waals surface area (Å²) in [4.78, 5) is 16.6. The van der Waals surface area contributed by atoms with Crippen LogP contribution in [0.2, 0.25) is 0 Å². The zero-order chi connectivity index (χ0) is 19.7. The van der Waals surface area contributed by atoms with E-state index in [1.807, 2.05) is 104 Å². The number of benzene rings is 3. The number of carbonyl (C=O) groups excluding carboxylic acids is 1. The molecule has 0 radical (unpaired) electrons. The maximum Gasteiger partial charge on any atom is 0.259 e. The third kappa shape index (κ3) is 3.14. The van der Waals surface area contributed by atoms with Gasteiger partial charge in [0.2, 0.25) is 0 Å². The Labute approximate surface area is 170 Å². The average molecular weight is 388 g/mol. The van der Waals surface area contributed by atoms with Gasteiger partial charge in [-0.15, -0.1) is 0 Å². The van der Waals surface area contributed by atoms with E-state index in [-0.39, 0.29) is 5.91 Å². The minimum absolute atomic E-state index is 0.0479. The molecule has 1 fully saturated rings. The lowest BCUT2D eigenvalue weighted by molar-refractivity contribution is -0.120. The number of hydrogen-bond acceptors (Lipinski definition) is 3. The van der Waals surface area contributed by atoms with Crippen LogP contribution in [0.5, 0.6) is 11.5 Å². The lowest BCUT2D eigenvalue weighted by Gasteiger charge is -2.29. The van der Waals surface area contributed by atoms with Crippen molar-refractivity contribution < 1.29 is 9.53 Å². The fourth-order valence-corrected chi connectivity index (χ4v) is 3.84. The molecule has 4 nitrogen and oxygen atoms in total. The van der Waals surface area contributed by atoms with Crippen molar-refractivity contribution in [2.24, 2.45) is 0 Å². The minimum atomic E-state index is -0.783. The molecule has 0 aliphatic carbocycles. The number of thiocarbonyl (C=S) groups is 1. The van der Waals surface area contributed by atoms with E-state index in [0.717, 1.165) is 22.9 Å². The van der Waals surface area contributed by atoms with Crippen LogP contribution >= 0.6 is 12.2 Å². The van der Waals surface area contributed by atoms with Crippen LogP contribution in [-0.4, -0.2) is 16.6 Å². The van der Waals surface area contributed by atoms with E-state index >= 15 is 0 Å². The number of amides is 1. The highest BCUT2D eigenvalue weighted by Gasteiger charge is 2.50. The summed E-state index contributed by atoms with van der Waals surface area (Å²) in [6.45, 7) is 3.78. The van der Waals surface area contributed by atoms with Crippen LogP contribution < -0.4 is 14.5 Å². The van der Waals surface area contributed by atoms with Gasteiger partial charge in [0.25, 0.3) is 5.91 Å². The zero-order valence-corrected chi connectivity index (χ0v) is 16.5. The second-order valence-corrected chi connectivity index (χ2v) is 7.43. The van der Waals surface area contributed by atoms with Crippen molar-refractivity contribution in [2.45, 2.75) is 19.4 Å². The SMILES string of the molecule is CC1(C)C(=O)N(c2ccccc2)C(=S)N1c1ccc(Oc2ccccc2)cc1. The molecule has 1 aliphatic rings. The highest BCUT2D eigenvalue weighted by Crippen LogP contribution is 2.37. The molecule has 0 atom stereocenters. The van der Waals surface area contributed by atoms with Crippen molar-refractivity contribution in [2.75, 3.05) is 9.80 Å². The highest BCUT2D eigenvalue weighted by atomic mass is 32.1. The number of hydrogen-bond donors (Lipinski definition) is 0. The third-order valence-corrected chi connectivity index (χ3v) is 5.12. The summed E-state index contributed by atoms with van der Waals surface area (Å²) in [6.07, 6.45) is 0. The van der Waals surface area contributed by atoms with Crippen molar-refractivity contribution in [3.63, 3.8) is 0 Å². The molecule has 3 aromatic rings. The van der Waals surface area contributed by atoms with Crippen LogP contribution in [0.4, 0.5) is 11.4 Å². The smallest absolute Gasteiger partial charge is 0.259 e. The molecule has 0 bridgehead atoms. The van der Waals surface area contributed by atoms with Crippen LogP contribution in [0, 0.1) is 0 Å². The van der Waals surface area contributed by atoms with Gasteiger partial charge in [0.1, 0.15) is 17.0 Å². The first-order valence-electron chi connectivity index (χ1n) is 9.05. The monoisotopic (exact) mass is 388 g/mol. The predicted molar refractivity (Wildman–Crippen MR) is 116 cm³/mol. The van der Waals surface area contributed by atoms with Gasteiger partial charge in [-0.05, 0) is 74.6 Å². The quantitative estimate of drug-likeness (QED) is 0.561. The second kappa shape index (κ2) is 7.09. The van der Waals surface area contributed by atoms with Crippen molar-refractivity contribution in [3.8, 4) is 11.5 Å². The number of ether oxygens (including phenoxy) is 1. The number of nitrogens with zero attached hydrogens (tertiary/aromatic N) is 2. The number of para-hydroxylation sites is 2. The molecule has 3 aromatic carbocycles. The number of carbonyl (C=O) groups is 1. The lowest BCUT2D eigenvalue weighted by Crippen LogP contribution is -2.44. The van der Waals surface area contributed by atoms with Crippen LogP contribution in [0.15, 0.2) is 84.9 Å². The molecular formula is C23H20N2O2S. The van der Waals surface area contributed by atoms with E-state index in [0.29, 0.717) is 5.11 Å². The fraction of sp³-hybridized carbons (Fsp3) is 0.130. The normalized spacial score (nSPS) is 15.8. The first kappa shape index (κ1) is 18.2. The lowest BCUT2D eigenvalue weighted by atomic mass is 10.0. The van der Waals surface area contributed by atoms with Gasteiger partial charge in [0, 0.05) is 5.69 Å². The molecule has 1 heterocycles. The molecule has 0 aromatic heterocycles. The Hall–Kier alpha value is -3.18. The van der Waals surface area contributed by atoms with E-state index < -0.39 is 5.54 Å². The van der Waals surface area contributed by atoms with Crippen molar-refractivity contribution in [3.05, 3.63) is 84.9 Å². The van der Waals surface area contributed by atoms with Crippen molar-refractivity contribution in [1.29, 1.82) is 0 Å². The van der Waals surface area contributed by atoms with Crippen LogP contribution in [0.1, 0.15) is 13.8 Å². The summed E-state index contributed by atoms with van der Waals surface area (Å²) in [7, 11) is 0. The first-order valence-corrected chi connectivity index (χ1v) is 9.46. The molecule has 1 aliphatic heterocycles. The molecule has 140 valence electrons. The summed E-state index contributed by atoms with van der Waals surface area (Å²) in [5.41, 5.74) is 0.841. The van der Waals surface area contributed by atoms with Gasteiger partial charge in [-0.3, -0.25) is 9.69 Å². The minimum Gasteiger partial charge on any atom is -0.457 e. The van der Waals surface area contributed by atoms with Crippen LogP contribution in [0.25, 0.3) is 0 Å². The summed E-state index contributed by atoms with van der Waals surface area (Å²) in [5, 5.41) is 0.470. The number of rotatable bonds is 4. The van der Waals surface area contributed by atoms with E-state index in [4.69, 9.17) is 17.0 Å².